The first-order valence-electron chi connectivity index (χ1n) is 6.69. The van der Waals surface area contributed by atoms with Gasteiger partial charge >= 0.3 is 0 Å². The van der Waals surface area contributed by atoms with Gasteiger partial charge < -0.3 is 0 Å². The van der Waals surface area contributed by atoms with Crippen LogP contribution in [-0.4, -0.2) is 17.4 Å². The Morgan fingerprint density at radius 3 is 2.77 bits per heavy atom. The maximum atomic E-state index is 13.4. The summed E-state index contributed by atoms with van der Waals surface area (Å²) in [4.78, 5) is 13.1. The Morgan fingerprint density at radius 1 is 1.23 bits per heavy atom. The van der Waals surface area contributed by atoms with E-state index in [4.69, 9.17) is 0 Å². The van der Waals surface area contributed by atoms with Crippen LogP contribution in [0.2, 0.25) is 0 Å². The third-order valence-electron chi connectivity index (χ3n) is 3.25. The number of nitrogens with zero attached hydrogens (tertiary/aromatic N) is 1. The van der Waals surface area contributed by atoms with Crippen LogP contribution in [0.1, 0.15) is 22.3 Å². The van der Waals surface area contributed by atoms with E-state index in [9.17, 15) is 9.18 Å². The lowest BCUT2D eigenvalue weighted by Crippen LogP contribution is -2.21. The Bertz CT molecular complexity index is 746. The molecule has 0 saturated carbocycles. The molecule has 3 rings (SSSR count). The zero-order valence-electron chi connectivity index (χ0n) is 11.5. The van der Waals surface area contributed by atoms with Crippen molar-refractivity contribution in [2.24, 2.45) is 5.10 Å². The molecule has 1 aliphatic heterocycles. The number of hydrogen-bond acceptors (Lipinski definition) is 3. The van der Waals surface area contributed by atoms with Crippen molar-refractivity contribution in [2.75, 3.05) is 5.75 Å². The lowest BCUT2D eigenvalue weighted by Gasteiger charge is -2.17. The first-order valence-corrected chi connectivity index (χ1v) is 8.46. The van der Waals surface area contributed by atoms with Crippen molar-refractivity contribution in [2.45, 2.75) is 11.3 Å². The van der Waals surface area contributed by atoms with Crippen LogP contribution in [0, 0.1) is 5.82 Å². The molecule has 0 unspecified atom stereocenters. The van der Waals surface area contributed by atoms with Crippen molar-refractivity contribution < 1.29 is 9.18 Å². The van der Waals surface area contributed by atoms with Crippen LogP contribution in [0.3, 0.4) is 0 Å². The largest absolute Gasteiger partial charge is 0.271 e. The van der Waals surface area contributed by atoms with Crippen LogP contribution in [0.25, 0.3) is 0 Å². The number of fused-ring (bicyclic) bond motifs is 1. The van der Waals surface area contributed by atoms with E-state index in [0.29, 0.717) is 17.7 Å². The van der Waals surface area contributed by atoms with E-state index in [2.05, 4.69) is 26.5 Å². The molecule has 112 valence electrons. The van der Waals surface area contributed by atoms with Gasteiger partial charge in [0.1, 0.15) is 5.82 Å². The minimum absolute atomic E-state index is 0.281. The number of nitrogens with one attached hydrogen (secondary N) is 1. The summed E-state index contributed by atoms with van der Waals surface area (Å²) in [5.74, 6) is 0.287. The standard InChI is InChI=1S/C16H12BrFN2OS/c17-11-3-1-10(2-4-11)16(21)20-19-14-7-8-22-15-6-5-12(18)9-13(14)15/h1-6,9H,7-8H2,(H,20,21)/b19-14-. The van der Waals surface area contributed by atoms with E-state index in [-0.39, 0.29) is 11.7 Å². The number of rotatable bonds is 2. The molecule has 3 nitrogen and oxygen atoms in total. The van der Waals surface area contributed by atoms with Crippen molar-refractivity contribution in [1.29, 1.82) is 0 Å². The first kappa shape index (κ1) is 15.2. The van der Waals surface area contributed by atoms with Gasteiger partial charge in [-0.05, 0) is 42.5 Å². The molecule has 0 radical (unpaired) electrons. The lowest BCUT2D eigenvalue weighted by atomic mass is 10.1. The summed E-state index contributed by atoms with van der Waals surface area (Å²) in [7, 11) is 0. The molecule has 22 heavy (non-hydrogen) atoms. The molecule has 2 aromatic rings. The molecule has 0 saturated heterocycles. The summed E-state index contributed by atoms with van der Waals surface area (Å²) >= 11 is 4.99. The number of halogens is 2. The number of carbonyl (C=O) groups excluding carboxylic acids is 1. The summed E-state index contributed by atoms with van der Waals surface area (Å²) in [5.41, 5.74) is 4.54. The van der Waals surface area contributed by atoms with Crippen molar-refractivity contribution in [3.63, 3.8) is 0 Å². The fraction of sp³-hybridized carbons (Fsp3) is 0.125. The van der Waals surface area contributed by atoms with E-state index in [1.165, 1.54) is 12.1 Å². The third-order valence-corrected chi connectivity index (χ3v) is 4.85. The maximum absolute atomic E-state index is 13.4. The molecule has 0 spiro atoms. The zero-order valence-corrected chi connectivity index (χ0v) is 13.9. The van der Waals surface area contributed by atoms with Crippen molar-refractivity contribution in [3.8, 4) is 0 Å². The van der Waals surface area contributed by atoms with Gasteiger partial charge in [-0.1, -0.05) is 15.9 Å². The zero-order chi connectivity index (χ0) is 15.5. The summed E-state index contributed by atoms with van der Waals surface area (Å²) in [6.07, 6.45) is 0.696. The van der Waals surface area contributed by atoms with Crippen LogP contribution >= 0.6 is 27.7 Å². The van der Waals surface area contributed by atoms with Gasteiger partial charge in [0.05, 0.1) is 5.71 Å². The molecule has 0 aromatic heterocycles. The predicted octanol–water partition coefficient (Wildman–Crippen LogP) is 4.22. The molecular formula is C16H12BrFN2OS. The maximum Gasteiger partial charge on any atom is 0.271 e. The van der Waals surface area contributed by atoms with Crippen LogP contribution < -0.4 is 5.43 Å². The fourth-order valence-electron chi connectivity index (χ4n) is 2.15. The minimum atomic E-state index is -0.298. The molecule has 6 heteroatoms. The molecule has 1 N–H and O–H groups in total. The van der Waals surface area contributed by atoms with Crippen LogP contribution in [0.15, 0.2) is 56.9 Å². The third kappa shape index (κ3) is 3.39. The van der Waals surface area contributed by atoms with Gasteiger partial charge in [-0.25, -0.2) is 9.82 Å². The van der Waals surface area contributed by atoms with Crippen molar-refractivity contribution >= 4 is 39.3 Å². The molecule has 1 heterocycles. The average Bonchev–Trinajstić information content (AvgIpc) is 2.53. The highest BCUT2D eigenvalue weighted by molar-refractivity contribution is 9.10. The highest BCUT2D eigenvalue weighted by Crippen LogP contribution is 2.30. The van der Waals surface area contributed by atoms with Gasteiger partial charge in [-0.2, -0.15) is 5.10 Å². The molecule has 0 atom stereocenters. The normalized spacial score (nSPS) is 15.5. The SMILES string of the molecule is O=C(N/N=C1/CCSc2ccc(F)cc21)c1ccc(Br)cc1. The molecular weight excluding hydrogens is 367 g/mol. The monoisotopic (exact) mass is 378 g/mol. The second kappa shape index (κ2) is 6.62. The topological polar surface area (TPSA) is 41.5 Å². The van der Waals surface area contributed by atoms with Crippen LogP contribution in [0.5, 0.6) is 0 Å². The fourth-order valence-corrected chi connectivity index (χ4v) is 3.42. The number of benzene rings is 2. The van der Waals surface area contributed by atoms with Gasteiger partial charge in [0.2, 0.25) is 0 Å². The van der Waals surface area contributed by atoms with E-state index >= 15 is 0 Å². The minimum Gasteiger partial charge on any atom is -0.267 e. The Kier molecular flexibility index (Phi) is 4.59. The van der Waals surface area contributed by atoms with E-state index < -0.39 is 0 Å². The molecule has 1 aliphatic rings. The quantitative estimate of drug-likeness (QED) is 0.794. The molecule has 0 bridgehead atoms. The summed E-state index contributed by atoms with van der Waals surface area (Å²) in [6, 6.07) is 11.7. The smallest absolute Gasteiger partial charge is 0.267 e. The number of hydrogen-bond donors (Lipinski definition) is 1. The van der Waals surface area contributed by atoms with Gasteiger partial charge in [0.15, 0.2) is 0 Å². The Hall–Kier alpha value is -1.66. The van der Waals surface area contributed by atoms with Gasteiger partial charge in [0.25, 0.3) is 5.91 Å². The molecule has 1 amide bonds. The summed E-state index contributed by atoms with van der Waals surface area (Å²) in [5, 5.41) is 4.19. The molecule has 0 aliphatic carbocycles. The highest BCUT2D eigenvalue weighted by atomic mass is 79.9. The lowest BCUT2D eigenvalue weighted by molar-refractivity contribution is 0.0955. The van der Waals surface area contributed by atoms with Gasteiger partial charge in [-0.3, -0.25) is 4.79 Å². The first-order chi connectivity index (χ1) is 10.6. The Morgan fingerprint density at radius 2 is 2.00 bits per heavy atom. The molecule has 0 fully saturated rings. The Labute approximate surface area is 140 Å². The van der Waals surface area contributed by atoms with E-state index in [1.807, 2.05) is 0 Å². The number of carbonyl (C=O) groups is 1. The second-order valence-electron chi connectivity index (χ2n) is 4.75. The summed E-state index contributed by atoms with van der Waals surface area (Å²) in [6.45, 7) is 0. The van der Waals surface area contributed by atoms with Crippen LogP contribution in [0.4, 0.5) is 4.39 Å². The van der Waals surface area contributed by atoms with Gasteiger partial charge in [0, 0.05) is 32.7 Å². The summed E-state index contributed by atoms with van der Waals surface area (Å²) < 4.78 is 14.3. The highest BCUT2D eigenvalue weighted by Gasteiger charge is 2.17. The second-order valence-corrected chi connectivity index (χ2v) is 6.80. The average molecular weight is 379 g/mol. The van der Waals surface area contributed by atoms with E-state index in [0.717, 1.165) is 20.7 Å². The predicted molar refractivity (Wildman–Crippen MR) is 89.9 cm³/mol. The van der Waals surface area contributed by atoms with Crippen LogP contribution in [-0.2, 0) is 0 Å². The van der Waals surface area contributed by atoms with Crippen molar-refractivity contribution in [1.82, 2.24) is 5.43 Å². The Balaban J connectivity index is 1.80. The molecule has 2 aromatic carbocycles. The van der Waals surface area contributed by atoms with Gasteiger partial charge in [-0.15, -0.1) is 11.8 Å². The number of hydrazone groups is 1. The number of amides is 1. The van der Waals surface area contributed by atoms with E-state index in [1.54, 1.807) is 42.1 Å². The van der Waals surface area contributed by atoms with Crippen molar-refractivity contribution in [3.05, 3.63) is 63.9 Å². The number of thioether (sulfide) groups is 1.